The molecule has 1 aliphatic heterocycles. The lowest BCUT2D eigenvalue weighted by Crippen LogP contribution is -2.44. The second kappa shape index (κ2) is 6.94. The Morgan fingerprint density at radius 2 is 1.96 bits per heavy atom. The third-order valence-electron chi connectivity index (χ3n) is 5.20. The minimum atomic E-state index is -0.415. The van der Waals surface area contributed by atoms with Gasteiger partial charge in [-0.05, 0) is 49.9 Å². The number of carbonyl (C=O) groups is 2. The number of aryl methyl sites for hydroxylation is 3. The van der Waals surface area contributed by atoms with E-state index in [1.165, 1.54) is 0 Å². The van der Waals surface area contributed by atoms with Gasteiger partial charge in [-0.2, -0.15) is 5.10 Å². The minimum absolute atomic E-state index is 0.0329. The van der Waals surface area contributed by atoms with Gasteiger partial charge in [-0.1, -0.05) is 6.07 Å². The summed E-state index contributed by atoms with van der Waals surface area (Å²) in [4.78, 5) is 26.8. The van der Waals surface area contributed by atoms with Crippen molar-refractivity contribution in [3.63, 3.8) is 0 Å². The molecule has 2 heterocycles. The number of rotatable bonds is 3. The van der Waals surface area contributed by atoms with E-state index in [1.54, 1.807) is 22.8 Å². The van der Waals surface area contributed by atoms with Crippen LogP contribution in [-0.2, 0) is 16.6 Å². The molecular formula is C20H25N3O3. The number of likely N-dealkylation sites (tertiary alicyclic amines) is 1. The quantitative estimate of drug-likeness (QED) is 0.627. The van der Waals surface area contributed by atoms with Gasteiger partial charge in [0.2, 0.25) is 5.91 Å². The van der Waals surface area contributed by atoms with E-state index >= 15 is 0 Å². The highest BCUT2D eigenvalue weighted by molar-refractivity contribution is 5.83. The molecule has 2 aromatic rings. The predicted molar refractivity (Wildman–Crippen MR) is 97.7 cm³/mol. The second-order valence-corrected chi connectivity index (χ2v) is 7.17. The van der Waals surface area contributed by atoms with Crippen molar-refractivity contribution >= 4 is 11.9 Å². The van der Waals surface area contributed by atoms with Gasteiger partial charge in [0.15, 0.2) is 0 Å². The maximum atomic E-state index is 13.0. The normalized spacial score (nSPS) is 20.3. The van der Waals surface area contributed by atoms with Crippen molar-refractivity contribution in [3.05, 3.63) is 46.8 Å². The summed E-state index contributed by atoms with van der Waals surface area (Å²) in [6, 6.07) is 3.60. The molecule has 0 bridgehead atoms. The van der Waals surface area contributed by atoms with Crippen molar-refractivity contribution in [3.8, 4) is 5.75 Å². The molecule has 6 nitrogen and oxygen atoms in total. The van der Waals surface area contributed by atoms with Gasteiger partial charge < -0.3 is 9.64 Å². The number of amides is 1. The zero-order valence-electron chi connectivity index (χ0n) is 15.9. The van der Waals surface area contributed by atoms with Gasteiger partial charge in [0.25, 0.3) is 0 Å². The Morgan fingerprint density at radius 3 is 2.62 bits per heavy atom. The topological polar surface area (TPSA) is 64.4 Å². The molecule has 1 amide bonds. The number of hydrogen-bond acceptors (Lipinski definition) is 4. The van der Waals surface area contributed by atoms with Gasteiger partial charge in [0, 0.05) is 32.3 Å². The van der Waals surface area contributed by atoms with E-state index in [1.807, 2.05) is 40.1 Å². The number of piperidine rings is 1. The van der Waals surface area contributed by atoms with Crippen LogP contribution in [0.1, 0.15) is 41.1 Å². The lowest BCUT2D eigenvalue weighted by molar-refractivity contribution is -0.149. The maximum absolute atomic E-state index is 13.0. The van der Waals surface area contributed by atoms with Crippen LogP contribution in [0.5, 0.6) is 5.75 Å². The maximum Gasteiger partial charge on any atom is 0.316 e. The molecule has 3 rings (SSSR count). The molecule has 1 saturated heterocycles. The molecule has 0 radical (unpaired) electrons. The number of ether oxygens (including phenoxy) is 1. The third kappa shape index (κ3) is 3.36. The van der Waals surface area contributed by atoms with Crippen LogP contribution in [-0.4, -0.2) is 33.6 Å². The van der Waals surface area contributed by atoms with Crippen molar-refractivity contribution < 1.29 is 14.3 Å². The van der Waals surface area contributed by atoms with Gasteiger partial charge in [-0.15, -0.1) is 0 Å². The zero-order valence-corrected chi connectivity index (χ0v) is 15.9. The molecule has 0 saturated carbocycles. The molecule has 1 aromatic carbocycles. The van der Waals surface area contributed by atoms with Crippen molar-refractivity contribution in [1.29, 1.82) is 0 Å². The summed E-state index contributed by atoms with van der Waals surface area (Å²) in [5, 5.41) is 4.19. The molecule has 0 aliphatic carbocycles. The zero-order chi connectivity index (χ0) is 19.0. The second-order valence-electron chi connectivity index (χ2n) is 7.17. The highest BCUT2D eigenvalue weighted by atomic mass is 16.5. The van der Waals surface area contributed by atoms with Crippen LogP contribution >= 0.6 is 0 Å². The SMILES string of the molecule is Cc1cc(C)c(C)c(OC(=O)C2CCC(=O)N(C)C2c2cnn(C)c2)c1. The van der Waals surface area contributed by atoms with Crippen molar-refractivity contribution in [2.75, 3.05) is 7.05 Å². The Hall–Kier alpha value is -2.63. The number of carbonyl (C=O) groups excluding carboxylic acids is 2. The van der Waals surface area contributed by atoms with E-state index in [4.69, 9.17) is 4.74 Å². The van der Waals surface area contributed by atoms with Gasteiger partial charge in [0.1, 0.15) is 5.75 Å². The predicted octanol–water partition coefficient (Wildman–Crippen LogP) is 2.86. The summed E-state index contributed by atoms with van der Waals surface area (Å²) in [5.41, 5.74) is 3.95. The third-order valence-corrected chi connectivity index (χ3v) is 5.20. The molecule has 2 atom stereocenters. The lowest BCUT2D eigenvalue weighted by Gasteiger charge is -2.37. The number of hydrogen-bond donors (Lipinski definition) is 0. The van der Waals surface area contributed by atoms with Crippen molar-refractivity contribution in [2.45, 2.75) is 39.7 Å². The smallest absolute Gasteiger partial charge is 0.316 e. The standard InChI is InChI=1S/C20H25N3O3/c1-12-8-13(2)14(3)17(9-12)26-20(25)16-6-7-18(24)23(5)19(16)15-10-21-22(4)11-15/h8-11,16,19H,6-7H2,1-5H3. The van der Waals surface area contributed by atoms with E-state index in [0.717, 1.165) is 22.3 Å². The first kappa shape index (κ1) is 18.2. The Morgan fingerprint density at radius 1 is 1.23 bits per heavy atom. The molecule has 0 N–H and O–H groups in total. The van der Waals surface area contributed by atoms with Crippen LogP contribution in [0.3, 0.4) is 0 Å². The van der Waals surface area contributed by atoms with Crippen LogP contribution in [0.4, 0.5) is 0 Å². The number of benzene rings is 1. The summed E-state index contributed by atoms with van der Waals surface area (Å²) >= 11 is 0. The molecule has 1 aromatic heterocycles. The Bertz CT molecular complexity index is 856. The molecule has 2 unspecified atom stereocenters. The summed E-state index contributed by atoms with van der Waals surface area (Å²) in [6.07, 6.45) is 4.38. The summed E-state index contributed by atoms with van der Waals surface area (Å²) < 4.78 is 7.46. The molecule has 1 aliphatic rings. The van der Waals surface area contributed by atoms with Crippen molar-refractivity contribution in [2.24, 2.45) is 13.0 Å². The fraction of sp³-hybridized carbons (Fsp3) is 0.450. The largest absolute Gasteiger partial charge is 0.426 e. The van der Waals surface area contributed by atoms with Crippen LogP contribution in [0.2, 0.25) is 0 Å². The molecular weight excluding hydrogens is 330 g/mol. The first-order valence-electron chi connectivity index (χ1n) is 8.81. The average molecular weight is 355 g/mol. The van der Waals surface area contributed by atoms with E-state index in [0.29, 0.717) is 18.6 Å². The van der Waals surface area contributed by atoms with Gasteiger partial charge in [-0.25, -0.2) is 0 Å². The van der Waals surface area contributed by atoms with E-state index in [-0.39, 0.29) is 17.9 Å². The summed E-state index contributed by atoms with van der Waals surface area (Å²) in [5.74, 6) is -0.0871. The fourth-order valence-corrected chi connectivity index (χ4v) is 3.62. The number of nitrogens with zero attached hydrogens (tertiary/aromatic N) is 3. The molecule has 0 spiro atoms. The van der Waals surface area contributed by atoms with Gasteiger partial charge in [0.05, 0.1) is 18.2 Å². The number of aromatic nitrogens is 2. The molecule has 6 heteroatoms. The summed E-state index contributed by atoms with van der Waals surface area (Å²) in [6.45, 7) is 5.94. The molecule has 26 heavy (non-hydrogen) atoms. The Kier molecular flexibility index (Phi) is 4.85. The highest BCUT2D eigenvalue weighted by Crippen LogP contribution is 2.37. The van der Waals surface area contributed by atoms with Gasteiger partial charge in [-0.3, -0.25) is 14.3 Å². The Balaban J connectivity index is 1.90. The summed E-state index contributed by atoms with van der Waals surface area (Å²) in [7, 11) is 3.56. The number of esters is 1. The first-order valence-corrected chi connectivity index (χ1v) is 8.81. The highest BCUT2D eigenvalue weighted by Gasteiger charge is 2.40. The molecule has 138 valence electrons. The Labute approximate surface area is 153 Å². The minimum Gasteiger partial charge on any atom is -0.426 e. The molecule has 1 fully saturated rings. The van der Waals surface area contributed by atoms with E-state index in [9.17, 15) is 9.59 Å². The first-order chi connectivity index (χ1) is 12.3. The van der Waals surface area contributed by atoms with Crippen LogP contribution in [0, 0.1) is 26.7 Å². The van der Waals surface area contributed by atoms with Crippen LogP contribution in [0.15, 0.2) is 24.5 Å². The van der Waals surface area contributed by atoms with E-state index < -0.39 is 5.92 Å². The van der Waals surface area contributed by atoms with Crippen molar-refractivity contribution in [1.82, 2.24) is 14.7 Å². The average Bonchev–Trinajstić information content (AvgIpc) is 3.00. The van der Waals surface area contributed by atoms with Crippen LogP contribution < -0.4 is 4.74 Å². The van der Waals surface area contributed by atoms with Crippen LogP contribution in [0.25, 0.3) is 0 Å². The monoisotopic (exact) mass is 355 g/mol. The van der Waals surface area contributed by atoms with E-state index in [2.05, 4.69) is 11.2 Å². The van der Waals surface area contributed by atoms with Gasteiger partial charge >= 0.3 is 5.97 Å². The lowest BCUT2D eigenvalue weighted by atomic mass is 9.86. The fourth-order valence-electron chi connectivity index (χ4n) is 3.62.